The zero-order valence-corrected chi connectivity index (χ0v) is 13.2. The number of fused-ring (bicyclic) bond motifs is 2. The molecular weight excluding hydrogens is 272 g/mol. The lowest BCUT2D eigenvalue weighted by Gasteiger charge is -2.18. The summed E-state index contributed by atoms with van der Waals surface area (Å²) in [6.45, 7) is 6.57. The summed E-state index contributed by atoms with van der Waals surface area (Å²) in [7, 11) is 0. The van der Waals surface area contributed by atoms with Crippen LogP contribution < -0.4 is 0 Å². The molecule has 2 nitrogen and oxygen atoms in total. The molecule has 0 fully saturated rings. The lowest BCUT2D eigenvalue weighted by atomic mass is 9.98. The van der Waals surface area contributed by atoms with Gasteiger partial charge in [0.2, 0.25) is 0 Å². The van der Waals surface area contributed by atoms with Gasteiger partial charge in [0.05, 0.1) is 12.2 Å². The Morgan fingerprint density at radius 3 is 2.23 bits per heavy atom. The van der Waals surface area contributed by atoms with Gasteiger partial charge in [-0.3, -0.25) is 0 Å². The van der Waals surface area contributed by atoms with Crippen LogP contribution in [-0.2, 0) is 4.74 Å². The summed E-state index contributed by atoms with van der Waals surface area (Å²) in [4.78, 5) is 12.4. The fraction of sp³-hybridized carbons (Fsp3) is 0.250. The number of esters is 1. The Hall–Kier alpha value is -2.35. The van der Waals surface area contributed by atoms with Gasteiger partial charge in [0.25, 0.3) is 0 Å². The fourth-order valence-electron chi connectivity index (χ4n) is 2.50. The quantitative estimate of drug-likeness (QED) is 0.479. The maximum Gasteiger partial charge on any atom is 0.338 e. The van der Waals surface area contributed by atoms with Crippen molar-refractivity contribution < 1.29 is 9.53 Å². The van der Waals surface area contributed by atoms with E-state index in [1.165, 1.54) is 5.39 Å². The predicted molar refractivity (Wildman–Crippen MR) is 91.2 cm³/mol. The zero-order valence-electron chi connectivity index (χ0n) is 13.2. The van der Waals surface area contributed by atoms with Gasteiger partial charge in [0.15, 0.2) is 0 Å². The molecule has 3 rings (SSSR count). The van der Waals surface area contributed by atoms with E-state index >= 15 is 0 Å². The second-order valence-corrected chi connectivity index (χ2v) is 6.86. The Balaban J connectivity index is 2.06. The summed E-state index contributed by atoms with van der Waals surface area (Å²) >= 11 is 0. The first-order chi connectivity index (χ1) is 10.4. The monoisotopic (exact) mass is 292 g/mol. The maximum atomic E-state index is 12.4. The van der Waals surface area contributed by atoms with Crippen molar-refractivity contribution in [2.24, 2.45) is 5.41 Å². The molecule has 0 spiro atoms. The standard InChI is InChI=1S/C20H20O2/c1-20(2,3)13-22-19(21)17-10-6-9-16-11-14-7-4-5-8-15(14)12-18(16)17/h4-12H,13H2,1-3H3. The van der Waals surface area contributed by atoms with Crippen molar-refractivity contribution in [2.45, 2.75) is 20.8 Å². The highest BCUT2D eigenvalue weighted by Crippen LogP contribution is 2.26. The summed E-state index contributed by atoms with van der Waals surface area (Å²) < 4.78 is 5.47. The predicted octanol–water partition coefficient (Wildman–Crippen LogP) is 5.20. The van der Waals surface area contributed by atoms with Crippen LogP contribution in [0.25, 0.3) is 21.5 Å². The first-order valence-corrected chi connectivity index (χ1v) is 7.53. The van der Waals surface area contributed by atoms with E-state index in [1.807, 2.05) is 30.3 Å². The zero-order chi connectivity index (χ0) is 15.7. The molecular formula is C20H20O2. The van der Waals surface area contributed by atoms with Gasteiger partial charge in [-0.25, -0.2) is 4.79 Å². The average molecular weight is 292 g/mol. The van der Waals surface area contributed by atoms with Gasteiger partial charge in [0.1, 0.15) is 0 Å². The van der Waals surface area contributed by atoms with E-state index in [0.29, 0.717) is 12.2 Å². The van der Waals surface area contributed by atoms with E-state index in [1.54, 1.807) is 0 Å². The number of hydrogen-bond donors (Lipinski definition) is 0. The van der Waals surface area contributed by atoms with Gasteiger partial charge in [-0.2, -0.15) is 0 Å². The Labute approximate surface area is 130 Å². The first kappa shape index (κ1) is 14.6. The Morgan fingerprint density at radius 2 is 1.55 bits per heavy atom. The van der Waals surface area contributed by atoms with E-state index in [0.717, 1.165) is 16.2 Å². The van der Waals surface area contributed by atoms with Crippen LogP contribution in [0, 0.1) is 5.41 Å². The number of carbonyl (C=O) groups excluding carboxylic acids is 1. The van der Waals surface area contributed by atoms with Gasteiger partial charge in [-0.15, -0.1) is 0 Å². The summed E-state index contributed by atoms with van der Waals surface area (Å²) in [5.74, 6) is -0.254. The van der Waals surface area contributed by atoms with Crippen molar-refractivity contribution in [3.8, 4) is 0 Å². The Bertz CT molecular complexity index is 841. The summed E-state index contributed by atoms with van der Waals surface area (Å²) in [6, 6.07) is 18.1. The van der Waals surface area contributed by atoms with Crippen molar-refractivity contribution in [3.63, 3.8) is 0 Å². The van der Waals surface area contributed by atoms with E-state index in [4.69, 9.17) is 4.74 Å². The van der Waals surface area contributed by atoms with Crippen LogP contribution in [0.4, 0.5) is 0 Å². The number of carbonyl (C=O) groups is 1. The van der Waals surface area contributed by atoms with Gasteiger partial charge >= 0.3 is 5.97 Å². The van der Waals surface area contributed by atoms with E-state index in [9.17, 15) is 4.79 Å². The molecule has 0 saturated heterocycles. The molecule has 0 aliphatic heterocycles. The highest BCUT2D eigenvalue weighted by atomic mass is 16.5. The molecule has 3 aromatic carbocycles. The number of benzene rings is 3. The second-order valence-electron chi connectivity index (χ2n) is 6.86. The van der Waals surface area contributed by atoms with Crippen LogP contribution in [0.5, 0.6) is 0 Å². The third-order valence-electron chi connectivity index (χ3n) is 3.60. The average Bonchev–Trinajstić information content (AvgIpc) is 2.49. The van der Waals surface area contributed by atoms with Crippen LogP contribution in [0.3, 0.4) is 0 Å². The van der Waals surface area contributed by atoms with Crippen LogP contribution >= 0.6 is 0 Å². The van der Waals surface area contributed by atoms with Crippen molar-refractivity contribution in [2.75, 3.05) is 6.61 Å². The molecule has 112 valence electrons. The molecule has 0 atom stereocenters. The first-order valence-electron chi connectivity index (χ1n) is 7.53. The SMILES string of the molecule is CC(C)(C)COC(=O)c1cccc2cc3ccccc3cc12. The fourth-order valence-corrected chi connectivity index (χ4v) is 2.50. The van der Waals surface area contributed by atoms with Crippen molar-refractivity contribution >= 4 is 27.5 Å². The van der Waals surface area contributed by atoms with E-state index in [2.05, 4.69) is 45.0 Å². The highest BCUT2D eigenvalue weighted by molar-refractivity contribution is 6.08. The van der Waals surface area contributed by atoms with Crippen LogP contribution in [-0.4, -0.2) is 12.6 Å². The van der Waals surface area contributed by atoms with Gasteiger partial charge in [0, 0.05) is 0 Å². The molecule has 0 bridgehead atoms. The van der Waals surface area contributed by atoms with E-state index < -0.39 is 0 Å². The Morgan fingerprint density at radius 1 is 0.909 bits per heavy atom. The molecule has 22 heavy (non-hydrogen) atoms. The summed E-state index contributed by atoms with van der Waals surface area (Å²) in [5.41, 5.74) is 0.597. The molecule has 0 aliphatic carbocycles. The van der Waals surface area contributed by atoms with Crippen LogP contribution in [0.2, 0.25) is 0 Å². The van der Waals surface area contributed by atoms with Crippen molar-refractivity contribution in [3.05, 3.63) is 60.2 Å². The molecule has 0 unspecified atom stereocenters. The minimum Gasteiger partial charge on any atom is -0.462 e. The molecule has 0 aromatic heterocycles. The van der Waals surface area contributed by atoms with Crippen LogP contribution in [0.15, 0.2) is 54.6 Å². The molecule has 3 aromatic rings. The smallest absolute Gasteiger partial charge is 0.338 e. The minimum absolute atomic E-state index is 0.0348. The molecule has 0 N–H and O–H groups in total. The van der Waals surface area contributed by atoms with Crippen molar-refractivity contribution in [1.82, 2.24) is 0 Å². The van der Waals surface area contributed by atoms with E-state index in [-0.39, 0.29) is 11.4 Å². The topological polar surface area (TPSA) is 26.3 Å². The van der Waals surface area contributed by atoms with Gasteiger partial charge < -0.3 is 4.74 Å². The lowest BCUT2D eigenvalue weighted by Crippen LogP contribution is -2.18. The van der Waals surface area contributed by atoms with Gasteiger partial charge in [-0.05, 0) is 45.2 Å². The molecule has 0 radical (unpaired) electrons. The lowest BCUT2D eigenvalue weighted by molar-refractivity contribution is 0.0369. The number of ether oxygens (including phenoxy) is 1. The third kappa shape index (κ3) is 2.96. The summed E-state index contributed by atoms with van der Waals surface area (Å²) in [5, 5.41) is 4.31. The van der Waals surface area contributed by atoms with Gasteiger partial charge in [-0.1, -0.05) is 57.2 Å². The third-order valence-corrected chi connectivity index (χ3v) is 3.60. The summed E-state index contributed by atoms with van der Waals surface area (Å²) in [6.07, 6.45) is 0. The molecule has 0 heterocycles. The minimum atomic E-state index is -0.254. The number of hydrogen-bond acceptors (Lipinski definition) is 2. The normalized spacial score (nSPS) is 11.8. The molecule has 0 amide bonds. The largest absolute Gasteiger partial charge is 0.462 e. The molecule has 0 aliphatic rings. The molecule has 0 saturated carbocycles. The maximum absolute atomic E-state index is 12.4. The van der Waals surface area contributed by atoms with Crippen LogP contribution in [0.1, 0.15) is 31.1 Å². The second kappa shape index (κ2) is 5.45. The Kier molecular flexibility index (Phi) is 3.61. The number of rotatable bonds is 2. The van der Waals surface area contributed by atoms with Crippen molar-refractivity contribution in [1.29, 1.82) is 0 Å². The molecule has 2 heteroatoms. The highest BCUT2D eigenvalue weighted by Gasteiger charge is 2.17.